The summed E-state index contributed by atoms with van der Waals surface area (Å²) >= 11 is 0. The molecule has 1 saturated heterocycles. The third-order valence-electron chi connectivity index (χ3n) is 4.24. The maximum Gasteiger partial charge on any atom is 0.249 e. The number of hydrogen-bond donors (Lipinski definition) is 2. The zero-order valence-corrected chi connectivity index (χ0v) is 13.9. The van der Waals surface area contributed by atoms with Crippen LogP contribution in [0.15, 0.2) is 42.5 Å². The molecule has 0 spiro atoms. The Hall–Kier alpha value is -1.62. The summed E-state index contributed by atoms with van der Waals surface area (Å²) in [4.78, 5) is 12.1. The van der Waals surface area contributed by atoms with E-state index in [2.05, 4.69) is 35.6 Å². The molecule has 0 saturated carbocycles. The summed E-state index contributed by atoms with van der Waals surface area (Å²) in [6, 6.07) is 14.6. The Morgan fingerprint density at radius 1 is 1.17 bits per heavy atom. The molecule has 3 N–H and O–H groups in total. The largest absolute Gasteiger partial charge is 0.364 e. The molecular weight excluding hydrogens is 312 g/mol. The second-order valence-electron chi connectivity index (χ2n) is 5.74. The molecule has 2 aromatic carbocycles. The van der Waals surface area contributed by atoms with E-state index in [1.54, 1.807) is 0 Å². The normalized spacial score (nSPS) is 20.2. The van der Waals surface area contributed by atoms with E-state index in [4.69, 9.17) is 10.5 Å². The number of amides is 1. The van der Waals surface area contributed by atoms with Gasteiger partial charge in [0, 0.05) is 13.1 Å². The fourth-order valence-electron chi connectivity index (χ4n) is 3.02. The number of ether oxygens (including phenoxy) is 1. The number of fused-ring (bicyclic) bond motifs is 1. The number of carbonyl (C=O) groups is 1. The third kappa shape index (κ3) is 4.22. The van der Waals surface area contributed by atoms with Crippen LogP contribution in [-0.2, 0) is 16.0 Å². The van der Waals surface area contributed by atoms with Crippen molar-refractivity contribution < 1.29 is 9.53 Å². The first-order valence-corrected chi connectivity index (χ1v) is 7.88. The molecule has 3 rings (SSSR count). The van der Waals surface area contributed by atoms with Crippen LogP contribution in [-0.4, -0.2) is 31.2 Å². The van der Waals surface area contributed by atoms with Crippen molar-refractivity contribution in [2.24, 2.45) is 5.73 Å². The lowest BCUT2D eigenvalue weighted by Crippen LogP contribution is -2.36. The smallest absolute Gasteiger partial charge is 0.249 e. The van der Waals surface area contributed by atoms with E-state index < -0.39 is 0 Å². The summed E-state index contributed by atoms with van der Waals surface area (Å²) < 4.78 is 5.61. The van der Waals surface area contributed by atoms with E-state index in [0.29, 0.717) is 13.1 Å². The summed E-state index contributed by atoms with van der Waals surface area (Å²) in [5, 5.41) is 5.46. The zero-order chi connectivity index (χ0) is 15.4. The molecule has 2 atom stereocenters. The van der Waals surface area contributed by atoms with Gasteiger partial charge in [0.05, 0.1) is 6.10 Å². The first-order valence-electron chi connectivity index (χ1n) is 7.88. The first kappa shape index (κ1) is 17.7. The van der Waals surface area contributed by atoms with Gasteiger partial charge in [-0.1, -0.05) is 42.5 Å². The van der Waals surface area contributed by atoms with Crippen LogP contribution in [0.25, 0.3) is 10.8 Å². The Morgan fingerprint density at radius 2 is 1.96 bits per heavy atom. The van der Waals surface area contributed by atoms with Crippen molar-refractivity contribution in [3.8, 4) is 0 Å². The lowest BCUT2D eigenvalue weighted by molar-refractivity contribution is -0.131. The molecule has 4 nitrogen and oxygen atoms in total. The van der Waals surface area contributed by atoms with Gasteiger partial charge in [0.2, 0.25) is 5.91 Å². The summed E-state index contributed by atoms with van der Waals surface area (Å²) in [7, 11) is 0. The molecule has 1 fully saturated rings. The van der Waals surface area contributed by atoms with Crippen molar-refractivity contribution in [1.29, 1.82) is 0 Å². The molecule has 1 heterocycles. The Kier molecular flexibility index (Phi) is 6.39. The van der Waals surface area contributed by atoms with Gasteiger partial charge in [0.25, 0.3) is 0 Å². The number of rotatable bonds is 5. The molecule has 5 heteroatoms. The van der Waals surface area contributed by atoms with Crippen LogP contribution >= 0.6 is 12.4 Å². The number of nitrogens with two attached hydrogens (primary N) is 1. The van der Waals surface area contributed by atoms with Crippen LogP contribution in [0.3, 0.4) is 0 Å². The lowest BCUT2D eigenvalue weighted by Gasteiger charge is -2.13. The highest BCUT2D eigenvalue weighted by atomic mass is 35.5. The number of nitrogens with one attached hydrogen (secondary N) is 1. The van der Waals surface area contributed by atoms with E-state index in [9.17, 15) is 4.79 Å². The molecule has 124 valence electrons. The van der Waals surface area contributed by atoms with Crippen molar-refractivity contribution in [1.82, 2.24) is 5.32 Å². The predicted molar refractivity (Wildman–Crippen MR) is 94.9 cm³/mol. The maximum atomic E-state index is 12.1. The highest BCUT2D eigenvalue weighted by Gasteiger charge is 2.29. The van der Waals surface area contributed by atoms with Crippen molar-refractivity contribution in [3.05, 3.63) is 48.0 Å². The predicted octanol–water partition coefficient (Wildman–Crippen LogP) is 2.43. The fourth-order valence-corrected chi connectivity index (χ4v) is 3.02. The van der Waals surface area contributed by atoms with E-state index in [1.807, 2.05) is 12.1 Å². The zero-order valence-electron chi connectivity index (χ0n) is 13.0. The molecule has 0 bridgehead atoms. The Morgan fingerprint density at radius 3 is 2.74 bits per heavy atom. The fraction of sp³-hybridized carbons (Fsp3) is 0.389. The van der Waals surface area contributed by atoms with E-state index in [0.717, 1.165) is 19.3 Å². The molecule has 0 aromatic heterocycles. The van der Waals surface area contributed by atoms with Gasteiger partial charge in [0.1, 0.15) is 6.10 Å². The number of hydrogen-bond acceptors (Lipinski definition) is 3. The van der Waals surface area contributed by atoms with Gasteiger partial charge in [-0.05, 0) is 35.6 Å². The summed E-state index contributed by atoms with van der Waals surface area (Å²) in [5.74, 6) is -0.0174. The molecule has 0 aliphatic carbocycles. The third-order valence-corrected chi connectivity index (χ3v) is 4.24. The number of benzene rings is 2. The molecule has 2 aromatic rings. The van der Waals surface area contributed by atoms with Crippen molar-refractivity contribution in [2.45, 2.75) is 31.5 Å². The van der Waals surface area contributed by atoms with Crippen LogP contribution in [0, 0.1) is 0 Å². The van der Waals surface area contributed by atoms with E-state index in [1.165, 1.54) is 16.3 Å². The van der Waals surface area contributed by atoms with Gasteiger partial charge in [-0.25, -0.2) is 0 Å². The SMILES string of the molecule is Cl.NC[C@H]1CC[C@@H](C(=O)NCCc2cccc3ccccc23)O1. The Labute approximate surface area is 142 Å². The van der Waals surface area contributed by atoms with Crippen LogP contribution < -0.4 is 11.1 Å². The Balaban J connectivity index is 0.00000192. The average molecular weight is 335 g/mol. The second kappa shape index (κ2) is 8.29. The minimum absolute atomic E-state index is 0. The maximum absolute atomic E-state index is 12.1. The first-order chi connectivity index (χ1) is 10.8. The molecule has 0 radical (unpaired) electrons. The van der Waals surface area contributed by atoms with Crippen molar-refractivity contribution in [2.75, 3.05) is 13.1 Å². The molecular formula is C18H23ClN2O2. The average Bonchev–Trinajstić information content (AvgIpc) is 3.04. The summed E-state index contributed by atoms with van der Waals surface area (Å²) in [5.41, 5.74) is 6.82. The highest BCUT2D eigenvalue weighted by molar-refractivity contribution is 5.86. The topological polar surface area (TPSA) is 64.4 Å². The molecule has 23 heavy (non-hydrogen) atoms. The van der Waals surface area contributed by atoms with Crippen LogP contribution in [0.2, 0.25) is 0 Å². The van der Waals surface area contributed by atoms with Gasteiger partial charge in [-0.15, -0.1) is 12.4 Å². The monoisotopic (exact) mass is 334 g/mol. The molecule has 1 aliphatic heterocycles. The Bertz CT molecular complexity index is 657. The summed E-state index contributed by atoms with van der Waals surface area (Å²) in [6.07, 6.45) is 2.16. The van der Waals surface area contributed by atoms with Crippen molar-refractivity contribution >= 4 is 29.1 Å². The van der Waals surface area contributed by atoms with Gasteiger partial charge in [-0.2, -0.15) is 0 Å². The number of carbonyl (C=O) groups excluding carboxylic acids is 1. The van der Waals surface area contributed by atoms with Gasteiger partial charge in [-0.3, -0.25) is 4.79 Å². The van der Waals surface area contributed by atoms with E-state index in [-0.39, 0.29) is 30.5 Å². The van der Waals surface area contributed by atoms with Crippen LogP contribution in [0.1, 0.15) is 18.4 Å². The van der Waals surface area contributed by atoms with E-state index >= 15 is 0 Å². The van der Waals surface area contributed by atoms with Gasteiger partial charge >= 0.3 is 0 Å². The number of halogens is 1. The van der Waals surface area contributed by atoms with Gasteiger partial charge < -0.3 is 15.8 Å². The highest BCUT2D eigenvalue weighted by Crippen LogP contribution is 2.20. The molecule has 0 unspecified atom stereocenters. The quantitative estimate of drug-likeness (QED) is 0.882. The van der Waals surface area contributed by atoms with Crippen LogP contribution in [0.4, 0.5) is 0 Å². The summed E-state index contributed by atoms with van der Waals surface area (Å²) in [6.45, 7) is 1.11. The standard InChI is InChI=1S/C18H22N2O2.ClH/c19-12-15-8-9-17(22-15)18(21)20-11-10-14-6-3-5-13-4-1-2-7-16(13)14;/h1-7,15,17H,8-12,19H2,(H,20,21);1H/t15-,17+;/m1./s1. The van der Waals surface area contributed by atoms with Gasteiger partial charge in [0.15, 0.2) is 0 Å². The minimum Gasteiger partial charge on any atom is -0.364 e. The lowest BCUT2D eigenvalue weighted by atomic mass is 10.0. The molecule has 1 aliphatic rings. The minimum atomic E-state index is -0.332. The molecule has 1 amide bonds. The van der Waals surface area contributed by atoms with Crippen LogP contribution in [0.5, 0.6) is 0 Å². The second-order valence-corrected chi connectivity index (χ2v) is 5.74. The van der Waals surface area contributed by atoms with Crippen molar-refractivity contribution in [3.63, 3.8) is 0 Å².